The van der Waals surface area contributed by atoms with Crippen molar-refractivity contribution in [1.29, 1.82) is 0 Å². The van der Waals surface area contributed by atoms with Crippen LogP contribution in [0.4, 0.5) is 0 Å². The van der Waals surface area contributed by atoms with E-state index in [0.29, 0.717) is 0 Å². The number of para-hydroxylation sites is 1. The van der Waals surface area contributed by atoms with Crippen LogP contribution in [-0.2, 0) is 17.8 Å². The summed E-state index contributed by atoms with van der Waals surface area (Å²) in [6, 6.07) is 8.30. The van der Waals surface area contributed by atoms with Gasteiger partial charge in [0.15, 0.2) is 0 Å². The van der Waals surface area contributed by atoms with Gasteiger partial charge in [0.1, 0.15) is 17.7 Å². The minimum atomic E-state index is 0.157. The summed E-state index contributed by atoms with van der Waals surface area (Å²) in [5.74, 6) is 0. The first kappa shape index (κ1) is 13.8. The van der Waals surface area contributed by atoms with Crippen LogP contribution in [0.5, 0.6) is 0 Å². The molecule has 4 rings (SSSR count). The number of hydrogen-bond donors (Lipinski definition) is 0. The molecule has 0 amide bonds. The number of rotatable bonds is 4. The fraction of sp³-hybridized carbons (Fsp3) is 0.400. The Morgan fingerprint density at radius 2 is 2.27 bits per heavy atom. The van der Waals surface area contributed by atoms with E-state index in [1.54, 1.807) is 24.0 Å². The molecule has 22 heavy (non-hydrogen) atoms. The van der Waals surface area contributed by atoms with Crippen LogP contribution in [0.25, 0.3) is 10.2 Å². The molecular weight excluding hydrogens is 298 g/mol. The highest BCUT2D eigenvalue weighted by Gasteiger charge is 2.22. The van der Waals surface area contributed by atoms with Crippen LogP contribution in [0.3, 0.4) is 0 Å². The maximum Gasteiger partial charge on any atom is 0.137 e. The van der Waals surface area contributed by atoms with Gasteiger partial charge in [0.2, 0.25) is 0 Å². The van der Waals surface area contributed by atoms with E-state index in [2.05, 4.69) is 33.2 Å². The number of aromatic nitrogens is 4. The Morgan fingerprint density at radius 1 is 1.32 bits per heavy atom. The van der Waals surface area contributed by atoms with Crippen molar-refractivity contribution in [2.75, 3.05) is 19.7 Å². The molecule has 6 nitrogen and oxygen atoms in total. The third-order valence-electron chi connectivity index (χ3n) is 3.78. The van der Waals surface area contributed by atoms with Crippen LogP contribution in [0.1, 0.15) is 5.01 Å². The molecule has 114 valence electrons. The predicted octanol–water partition coefficient (Wildman–Crippen LogP) is 1.79. The van der Waals surface area contributed by atoms with Gasteiger partial charge in [-0.15, -0.1) is 11.3 Å². The van der Waals surface area contributed by atoms with Crippen LogP contribution in [0.2, 0.25) is 0 Å². The molecule has 0 spiro atoms. The number of nitrogens with zero attached hydrogens (tertiary/aromatic N) is 5. The summed E-state index contributed by atoms with van der Waals surface area (Å²) in [5.41, 5.74) is 1.09. The van der Waals surface area contributed by atoms with Gasteiger partial charge in [0, 0.05) is 13.1 Å². The van der Waals surface area contributed by atoms with Gasteiger partial charge in [0.25, 0.3) is 0 Å². The molecule has 0 N–H and O–H groups in total. The zero-order valence-electron chi connectivity index (χ0n) is 12.1. The number of hydrogen-bond acceptors (Lipinski definition) is 6. The SMILES string of the molecule is c1ccc2sc(CN3CCO[C@H](Cn4cncn4)C3)nc2c1. The standard InChI is InChI=1S/C15H17N5OS/c1-2-4-14-13(3-1)18-15(22-14)9-19-5-6-21-12(7-19)8-20-11-16-10-17-20/h1-4,10-12H,5-9H2/t12-/m0/s1. The second kappa shape index (κ2) is 6.12. The number of fused-ring (bicyclic) bond motifs is 1. The van der Waals surface area contributed by atoms with Crippen molar-refractivity contribution in [3.63, 3.8) is 0 Å². The highest BCUT2D eigenvalue weighted by atomic mass is 32.1. The third kappa shape index (κ3) is 3.01. The van der Waals surface area contributed by atoms with Crippen LogP contribution < -0.4 is 0 Å². The van der Waals surface area contributed by atoms with E-state index in [0.717, 1.165) is 38.3 Å². The largest absolute Gasteiger partial charge is 0.374 e. The normalized spacial score (nSPS) is 19.7. The van der Waals surface area contributed by atoms with E-state index in [1.807, 2.05) is 10.7 Å². The van der Waals surface area contributed by atoms with E-state index in [9.17, 15) is 0 Å². The number of thiazole rings is 1. The molecule has 1 saturated heterocycles. The van der Waals surface area contributed by atoms with Gasteiger partial charge in [0.05, 0.1) is 36.0 Å². The first-order valence-corrected chi connectivity index (χ1v) is 8.19. The summed E-state index contributed by atoms with van der Waals surface area (Å²) >= 11 is 1.78. The molecular formula is C15H17N5OS. The molecule has 3 aromatic rings. The maximum atomic E-state index is 5.83. The fourth-order valence-corrected chi connectivity index (χ4v) is 3.76. The van der Waals surface area contributed by atoms with Gasteiger partial charge in [-0.05, 0) is 12.1 Å². The fourth-order valence-electron chi connectivity index (χ4n) is 2.75. The molecule has 1 atom stereocenters. The highest BCUT2D eigenvalue weighted by Crippen LogP contribution is 2.23. The Kier molecular flexibility index (Phi) is 3.84. The van der Waals surface area contributed by atoms with Crippen LogP contribution in [-0.4, -0.2) is 50.4 Å². The number of benzene rings is 1. The van der Waals surface area contributed by atoms with Gasteiger partial charge >= 0.3 is 0 Å². The zero-order valence-corrected chi connectivity index (χ0v) is 12.9. The summed E-state index contributed by atoms with van der Waals surface area (Å²) in [5, 5.41) is 5.31. The predicted molar refractivity (Wildman–Crippen MR) is 84.7 cm³/mol. The summed E-state index contributed by atoms with van der Waals surface area (Å²) in [7, 11) is 0. The van der Waals surface area contributed by atoms with Crippen molar-refractivity contribution in [1.82, 2.24) is 24.6 Å². The highest BCUT2D eigenvalue weighted by molar-refractivity contribution is 7.18. The van der Waals surface area contributed by atoms with Crippen LogP contribution in [0.15, 0.2) is 36.9 Å². The van der Waals surface area contributed by atoms with Crippen molar-refractivity contribution in [2.45, 2.75) is 19.2 Å². The molecule has 1 aliphatic heterocycles. The Hall–Kier alpha value is -1.83. The van der Waals surface area contributed by atoms with Crippen molar-refractivity contribution in [3.05, 3.63) is 41.9 Å². The maximum absolute atomic E-state index is 5.83. The molecule has 1 aliphatic rings. The Labute approximate surface area is 132 Å². The van der Waals surface area contributed by atoms with Crippen LogP contribution in [0, 0.1) is 0 Å². The van der Waals surface area contributed by atoms with Crippen molar-refractivity contribution in [3.8, 4) is 0 Å². The molecule has 1 fully saturated rings. The molecule has 0 saturated carbocycles. The van der Waals surface area contributed by atoms with E-state index in [4.69, 9.17) is 9.72 Å². The second-order valence-electron chi connectivity index (χ2n) is 5.42. The Morgan fingerprint density at radius 3 is 3.14 bits per heavy atom. The lowest BCUT2D eigenvalue weighted by Gasteiger charge is -2.32. The summed E-state index contributed by atoms with van der Waals surface area (Å²) < 4.78 is 8.91. The second-order valence-corrected chi connectivity index (χ2v) is 6.54. The quantitative estimate of drug-likeness (QED) is 0.735. The average Bonchev–Trinajstić information content (AvgIpc) is 3.16. The van der Waals surface area contributed by atoms with Crippen molar-refractivity contribution < 1.29 is 4.74 Å². The molecule has 0 aliphatic carbocycles. The average molecular weight is 315 g/mol. The van der Waals surface area contributed by atoms with Gasteiger partial charge in [-0.1, -0.05) is 12.1 Å². The van der Waals surface area contributed by atoms with Crippen molar-refractivity contribution in [2.24, 2.45) is 0 Å². The molecule has 0 radical (unpaired) electrons. The van der Waals surface area contributed by atoms with Gasteiger partial charge < -0.3 is 4.74 Å². The summed E-state index contributed by atoms with van der Waals surface area (Å²) in [6.45, 7) is 4.23. The molecule has 0 bridgehead atoms. The topological polar surface area (TPSA) is 56.1 Å². The van der Waals surface area contributed by atoms with Crippen LogP contribution >= 0.6 is 11.3 Å². The molecule has 3 heterocycles. The Bertz CT molecular complexity index is 708. The van der Waals surface area contributed by atoms with E-state index < -0.39 is 0 Å². The minimum Gasteiger partial charge on any atom is -0.374 e. The monoisotopic (exact) mass is 315 g/mol. The molecule has 7 heteroatoms. The minimum absolute atomic E-state index is 0.157. The lowest BCUT2D eigenvalue weighted by atomic mass is 10.2. The van der Waals surface area contributed by atoms with E-state index >= 15 is 0 Å². The van der Waals surface area contributed by atoms with E-state index in [1.165, 1.54) is 9.71 Å². The third-order valence-corrected chi connectivity index (χ3v) is 4.80. The van der Waals surface area contributed by atoms with Gasteiger partial charge in [-0.3, -0.25) is 9.58 Å². The molecule has 1 aromatic carbocycles. The number of ether oxygens (including phenoxy) is 1. The molecule has 0 unspecified atom stereocenters. The smallest absolute Gasteiger partial charge is 0.137 e. The first-order chi connectivity index (χ1) is 10.9. The molecule has 2 aromatic heterocycles. The lowest BCUT2D eigenvalue weighted by molar-refractivity contribution is -0.0402. The summed E-state index contributed by atoms with van der Waals surface area (Å²) in [4.78, 5) is 11.1. The Balaban J connectivity index is 1.41. The van der Waals surface area contributed by atoms with Gasteiger partial charge in [-0.25, -0.2) is 9.97 Å². The van der Waals surface area contributed by atoms with E-state index in [-0.39, 0.29) is 6.10 Å². The van der Waals surface area contributed by atoms with Crippen molar-refractivity contribution >= 4 is 21.6 Å². The lowest BCUT2D eigenvalue weighted by Crippen LogP contribution is -2.43. The zero-order chi connectivity index (χ0) is 14.8. The van der Waals surface area contributed by atoms with Gasteiger partial charge in [-0.2, -0.15) is 5.10 Å². The first-order valence-electron chi connectivity index (χ1n) is 7.37. The summed E-state index contributed by atoms with van der Waals surface area (Å²) in [6.07, 6.45) is 3.45. The number of morpholine rings is 1.